The molecule has 7 nitrogen and oxygen atoms in total. The van der Waals surface area contributed by atoms with Crippen molar-refractivity contribution in [1.82, 2.24) is 5.32 Å². The van der Waals surface area contributed by atoms with Gasteiger partial charge in [-0.15, -0.1) is 0 Å². The lowest BCUT2D eigenvalue weighted by Gasteiger charge is -2.12. The standard InChI is InChI=1S/C22H19Cl2N3O4S/c1-13-6-7-15(21(28)25-2)11-20(13)26-22(29)14-4-3-5-16(10-14)27-32(30,31)17-8-9-18(23)19(24)12-17/h3-12,27H,1-2H3,(H,25,28)(H,26,29). The number of carbonyl (C=O) groups excluding carboxylic acids is 2. The number of anilines is 2. The largest absolute Gasteiger partial charge is 0.355 e. The molecule has 0 aliphatic heterocycles. The summed E-state index contributed by atoms with van der Waals surface area (Å²) in [5.74, 6) is -0.739. The molecule has 3 N–H and O–H groups in total. The van der Waals surface area contributed by atoms with Crippen LogP contribution in [0.2, 0.25) is 10.0 Å². The number of hydrogen-bond donors (Lipinski definition) is 3. The number of sulfonamides is 1. The summed E-state index contributed by atoms with van der Waals surface area (Å²) in [6, 6.07) is 14.9. The van der Waals surface area contributed by atoms with Crippen LogP contribution in [-0.2, 0) is 10.0 Å². The van der Waals surface area contributed by atoms with Gasteiger partial charge in [0.2, 0.25) is 0 Å². The molecule has 0 saturated carbocycles. The fourth-order valence-electron chi connectivity index (χ4n) is 2.82. The number of carbonyl (C=O) groups is 2. The molecule has 10 heteroatoms. The van der Waals surface area contributed by atoms with E-state index in [9.17, 15) is 18.0 Å². The second-order valence-corrected chi connectivity index (χ2v) is 9.32. The van der Waals surface area contributed by atoms with Gasteiger partial charge in [0.05, 0.1) is 14.9 Å². The van der Waals surface area contributed by atoms with Crippen LogP contribution < -0.4 is 15.4 Å². The third-order valence-electron chi connectivity index (χ3n) is 4.55. The first kappa shape index (κ1) is 23.6. The van der Waals surface area contributed by atoms with Crippen LogP contribution in [0, 0.1) is 6.92 Å². The molecule has 0 spiro atoms. The maximum atomic E-state index is 12.8. The minimum Gasteiger partial charge on any atom is -0.355 e. The summed E-state index contributed by atoms with van der Waals surface area (Å²) in [6.45, 7) is 1.80. The predicted molar refractivity (Wildman–Crippen MR) is 126 cm³/mol. The van der Waals surface area contributed by atoms with Crippen LogP contribution in [0.1, 0.15) is 26.3 Å². The van der Waals surface area contributed by atoms with Crippen LogP contribution >= 0.6 is 23.2 Å². The van der Waals surface area contributed by atoms with Crippen LogP contribution in [0.25, 0.3) is 0 Å². The van der Waals surface area contributed by atoms with Crippen molar-refractivity contribution >= 4 is 56.4 Å². The van der Waals surface area contributed by atoms with Crippen molar-refractivity contribution in [2.24, 2.45) is 0 Å². The van der Waals surface area contributed by atoms with E-state index in [-0.39, 0.29) is 32.1 Å². The maximum Gasteiger partial charge on any atom is 0.261 e. The van der Waals surface area contributed by atoms with Gasteiger partial charge < -0.3 is 10.6 Å². The molecule has 0 fully saturated rings. The van der Waals surface area contributed by atoms with Gasteiger partial charge in [-0.3, -0.25) is 14.3 Å². The summed E-state index contributed by atoms with van der Waals surface area (Å²) >= 11 is 11.8. The van der Waals surface area contributed by atoms with E-state index in [1.165, 1.54) is 37.4 Å². The van der Waals surface area contributed by atoms with Crippen molar-refractivity contribution in [3.05, 3.63) is 87.4 Å². The fourth-order valence-corrected chi connectivity index (χ4v) is 4.26. The normalized spacial score (nSPS) is 11.0. The first-order valence-electron chi connectivity index (χ1n) is 9.33. The van der Waals surface area contributed by atoms with Crippen LogP contribution in [-0.4, -0.2) is 27.3 Å². The summed E-state index contributed by atoms with van der Waals surface area (Å²) in [4.78, 5) is 24.6. The highest BCUT2D eigenvalue weighted by atomic mass is 35.5. The SMILES string of the molecule is CNC(=O)c1ccc(C)c(NC(=O)c2cccc(NS(=O)(=O)c3ccc(Cl)c(Cl)c3)c2)c1. The van der Waals surface area contributed by atoms with Crippen LogP contribution in [0.5, 0.6) is 0 Å². The van der Waals surface area contributed by atoms with E-state index in [1.54, 1.807) is 37.3 Å². The Morgan fingerprint density at radius 3 is 2.25 bits per heavy atom. The molecule has 3 aromatic rings. The Kier molecular flexibility index (Phi) is 7.08. The Labute approximate surface area is 195 Å². The topological polar surface area (TPSA) is 104 Å². The number of benzene rings is 3. The molecule has 2 amide bonds. The molecule has 0 aliphatic rings. The van der Waals surface area contributed by atoms with E-state index >= 15 is 0 Å². The van der Waals surface area contributed by atoms with Gasteiger partial charge in [0, 0.05) is 29.5 Å². The van der Waals surface area contributed by atoms with E-state index in [0.717, 1.165) is 5.56 Å². The number of aryl methyl sites for hydroxylation is 1. The number of rotatable bonds is 6. The van der Waals surface area contributed by atoms with E-state index in [2.05, 4.69) is 15.4 Å². The zero-order chi connectivity index (χ0) is 23.5. The van der Waals surface area contributed by atoms with E-state index in [1.807, 2.05) is 0 Å². The van der Waals surface area contributed by atoms with Crippen molar-refractivity contribution in [3.8, 4) is 0 Å². The highest BCUT2D eigenvalue weighted by Crippen LogP contribution is 2.26. The van der Waals surface area contributed by atoms with Gasteiger partial charge in [-0.05, 0) is 61.0 Å². The lowest BCUT2D eigenvalue weighted by atomic mass is 10.1. The smallest absolute Gasteiger partial charge is 0.261 e. The van der Waals surface area contributed by atoms with E-state index < -0.39 is 15.9 Å². The molecule has 0 aromatic heterocycles. The molecule has 0 unspecified atom stereocenters. The number of nitrogens with one attached hydrogen (secondary N) is 3. The zero-order valence-corrected chi connectivity index (χ0v) is 19.4. The summed E-state index contributed by atoms with van der Waals surface area (Å²) < 4.78 is 27.7. The van der Waals surface area contributed by atoms with Crippen molar-refractivity contribution in [2.75, 3.05) is 17.1 Å². The summed E-state index contributed by atoms with van der Waals surface area (Å²) in [6.07, 6.45) is 0. The minimum absolute atomic E-state index is 0.0663. The third-order valence-corrected chi connectivity index (χ3v) is 6.67. The average molecular weight is 492 g/mol. The minimum atomic E-state index is -3.95. The highest BCUT2D eigenvalue weighted by molar-refractivity contribution is 7.92. The predicted octanol–water partition coefficient (Wildman–Crippen LogP) is 4.71. The Bertz CT molecular complexity index is 1310. The van der Waals surface area contributed by atoms with Gasteiger partial charge in [-0.25, -0.2) is 8.42 Å². The Morgan fingerprint density at radius 1 is 0.844 bits per heavy atom. The zero-order valence-electron chi connectivity index (χ0n) is 17.1. The Morgan fingerprint density at radius 2 is 1.56 bits per heavy atom. The molecule has 166 valence electrons. The van der Waals surface area contributed by atoms with Crippen LogP contribution in [0.3, 0.4) is 0 Å². The molecule has 32 heavy (non-hydrogen) atoms. The van der Waals surface area contributed by atoms with Gasteiger partial charge in [0.1, 0.15) is 0 Å². The fraction of sp³-hybridized carbons (Fsp3) is 0.0909. The molecule has 0 saturated heterocycles. The third kappa shape index (κ3) is 5.40. The summed E-state index contributed by atoms with van der Waals surface area (Å²) in [5, 5.41) is 5.63. The van der Waals surface area contributed by atoms with Gasteiger partial charge >= 0.3 is 0 Å². The molecule has 0 bridgehead atoms. The van der Waals surface area contributed by atoms with Gasteiger partial charge in [0.15, 0.2) is 0 Å². The molecular weight excluding hydrogens is 473 g/mol. The lowest BCUT2D eigenvalue weighted by Crippen LogP contribution is -2.19. The van der Waals surface area contributed by atoms with Gasteiger partial charge in [0.25, 0.3) is 21.8 Å². The molecule has 0 radical (unpaired) electrons. The highest BCUT2D eigenvalue weighted by Gasteiger charge is 2.17. The molecule has 0 heterocycles. The number of amides is 2. The number of hydrogen-bond acceptors (Lipinski definition) is 4. The second-order valence-electron chi connectivity index (χ2n) is 6.83. The second kappa shape index (κ2) is 9.60. The molecule has 0 atom stereocenters. The maximum absolute atomic E-state index is 12.8. The van der Waals surface area contributed by atoms with Crippen molar-refractivity contribution < 1.29 is 18.0 Å². The first-order valence-corrected chi connectivity index (χ1v) is 11.6. The Hall–Kier alpha value is -3.07. The number of halogens is 2. The van der Waals surface area contributed by atoms with E-state index in [4.69, 9.17) is 23.2 Å². The average Bonchev–Trinajstić information content (AvgIpc) is 2.76. The van der Waals surface area contributed by atoms with Gasteiger partial charge in [-0.2, -0.15) is 0 Å². The molecule has 3 rings (SSSR count). The Balaban J connectivity index is 1.82. The van der Waals surface area contributed by atoms with Crippen LogP contribution in [0.4, 0.5) is 11.4 Å². The molecule has 3 aromatic carbocycles. The van der Waals surface area contributed by atoms with Crippen LogP contribution in [0.15, 0.2) is 65.6 Å². The molecular formula is C22H19Cl2N3O4S. The lowest BCUT2D eigenvalue weighted by molar-refractivity contribution is 0.0961. The van der Waals surface area contributed by atoms with Gasteiger partial charge in [-0.1, -0.05) is 35.3 Å². The van der Waals surface area contributed by atoms with Crippen molar-refractivity contribution in [3.63, 3.8) is 0 Å². The monoisotopic (exact) mass is 491 g/mol. The molecule has 0 aliphatic carbocycles. The van der Waals surface area contributed by atoms with Crippen molar-refractivity contribution in [2.45, 2.75) is 11.8 Å². The summed E-state index contributed by atoms with van der Waals surface area (Å²) in [5.41, 5.74) is 2.06. The van der Waals surface area contributed by atoms with E-state index in [0.29, 0.717) is 11.3 Å². The first-order chi connectivity index (χ1) is 15.1. The quantitative estimate of drug-likeness (QED) is 0.464. The summed E-state index contributed by atoms with van der Waals surface area (Å²) in [7, 11) is -2.43. The van der Waals surface area contributed by atoms with Crippen molar-refractivity contribution in [1.29, 1.82) is 0 Å².